The number of ether oxygens (including phenoxy) is 1. The molecule has 208 valence electrons. The minimum Gasteiger partial charge on any atom is -0.494 e. The van der Waals surface area contributed by atoms with Gasteiger partial charge in [0.25, 0.3) is 0 Å². The van der Waals surface area contributed by atoms with Crippen LogP contribution >= 0.6 is 0 Å². The summed E-state index contributed by atoms with van der Waals surface area (Å²) < 4.78 is 5.68. The number of benzene rings is 4. The molecule has 4 aromatic rings. The molecule has 4 aromatic carbocycles. The van der Waals surface area contributed by atoms with Gasteiger partial charge in [-0.3, -0.25) is 14.4 Å². The molecule has 4 rings (SSSR count). The summed E-state index contributed by atoms with van der Waals surface area (Å²) in [5, 5.41) is 5.69. The summed E-state index contributed by atoms with van der Waals surface area (Å²) in [6.45, 7) is 4.78. The smallest absolute Gasteiger partial charge is 0.248 e. The van der Waals surface area contributed by atoms with E-state index in [1.807, 2.05) is 61.5 Å². The normalized spacial score (nSPS) is 10.8. The maximum absolute atomic E-state index is 13.4. The quantitative estimate of drug-likeness (QED) is 0.111. The topological polar surface area (TPSA) is 84.5 Å². The molecule has 0 fully saturated rings. The second-order valence-electron chi connectivity index (χ2n) is 9.76. The number of amides is 2. The fraction of sp³-hybridized carbons (Fsp3) is 0.171. The molecule has 0 aliphatic rings. The van der Waals surface area contributed by atoms with Crippen LogP contribution in [0.3, 0.4) is 0 Å². The fourth-order valence-corrected chi connectivity index (χ4v) is 4.11. The molecule has 0 aliphatic heterocycles. The number of anilines is 2. The Morgan fingerprint density at radius 2 is 1.56 bits per heavy atom. The van der Waals surface area contributed by atoms with Crippen molar-refractivity contribution >= 4 is 35.0 Å². The van der Waals surface area contributed by atoms with Gasteiger partial charge in [-0.05, 0) is 60.9 Å². The summed E-state index contributed by atoms with van der Waals surface area (Å²) in [7, 11) is 0. The Balaban J connectivity index is 1.47. The van der Waals surface area contributed by atoms with Crippen LogP contribution < -0.4 is 15.4 Å². The van der Waals surface area contributed by atoms with Gasteiger partial charge in [-0.1, -0.05) is 85.6 Å². The van der Waals surface area contributed by atoms with Crippen LogP contribution in [-0.2, 0) is 16.0 Å². The number of carbonyl (C=O) groups excluding carboxylic acids is 3. The van der Waals surface area contributed by atoms with E-state index >= 15 is 0 Å². The molecule has 0 spiro atoms. The minimum atomic E-state index is -0.345. The average molecular weight is 547 g/mol. The second-order valence-corrected chi connectivity index (χ2v) is 9.76. The molecule has 0 atom stereocenters. The number of hydrogen-bond acceptors (Lipinski definition) is 4. The third-order valence-electron chi connectivity index (χ3n) is 6.40. The largest absolute Gasteiger partial charge is 0.494 e. The van der Waals surface area contributed by atoms with Gasteiger partial charge >= 0.3 is 0 Å². The monoisotopic (exact) mass is 546 g/mol. The number of nitrogens with one attached hydrogen (secondary N) is 2. The molecular weight excluding hydrogens is 512 g/mol. The lowest BCUT2D eigenvalue weighted by Gasteiger charge is -2.13. The zero-order valence-corrected chi connectivity index (χ0v) is 23.4. The maximum atomic E-state index is 13.4. The van der Waals surface area contributed by atoms with Crippen molar-refractivity contribution in [1.82, 2.24) is 0 Å². The van der Waals surface area contributed by atoms with Gasteiger partial charge in [-0.2, -0.15) is 0 Å². The molecule has 0 saturated heterocycles. The molecule has 6 heteroatoms. The van der Waals surface area contributed by atoms with Gasteiger partial charge in [-0.15, -0.1) is 0 Å². The van der Waals surface area contributed by atoms with Gasteiger partial charge in [0.1, 0.15) is 5.75 Å². The molecule has 6 nitrogen and oxygen atoms in total. The molecule has 41 heavy (non-hydrogen) atoms. The number of unbranched alkanes of at least 4 members (excludes halogenated alkanes) is 1. The number of aryl methyl sites for hydroxylation is 1. The third kappa shape index (κ3) is 8.77. The molecule has 0 bridgehead atoms. The van der Waals surface area contributed by atoms with Crippen molar-refractivity contribution in [2.24, 2.45) is 0 Å². The van der Waals surface area contributed by atoms with Gasteiger partial charge in [0.2, 0.25) is 11.8 Å². The van der Waals surface area contributed by atoms with Gasteiger partial charge in [0, 0.05) is 22.9 Å². The maximum Gasteiger partial charge on any atom is 0.248 e. The first-order valence-corrected chi connectivity index (χ1v) is 13.7. The molecular formula is C35H34N2O4. The molecule has 0 heterocycles. The van der Waals surface area contributed by atoms with Gasteiger partial charge in [-0.25, -0.2) is 0 Å². The number of carbonyl (C=O) groups is 3. The van der Waals surface area contributed by atoms with E-state index in [0.717, 1.165) is 35.3 Å². The first-order chi connectivity index (χ1) is 19.9. The third-order valence-corrected chi connectivity index (χ3v) is 6.40. The SMILES string of the molecule is CCCCOc1ccc(/C=C/C(=O)Nc2ccc(NC(=O)Cc3ccc(C)cc3)c(C(=O)c3ccccc3)c2)cc1. The van der Waals surface area contributed by atoms with Gasteiger partial charge < -0.3 is 15.4 Å². The Kier molecular flexibility index (Phi) is 10.2. The van der Waals surface area contributed by atoms with E-state index < -0.39 is 0 Å². The molecule has 0 aliphatic carbocycles. The van der Waals surface area contributed by atoms with Crippen molar-refractivity contribution in [1.29, 1.82) is 0 Å². The standard InChI is InChI=1S/C35H34N2O4/c1-3-4-22-41-30-18-14-26(15-19-30)16-21-33(38)36-29-17-20-32(31(24-29)35(40)28-8-6-5-7-9-28)37-34(39)23-27-12-10-25(2)11-13-27/h5-21,24H,3-4,22-23H2,1-2H3,(H,36,38)(H,37,39)/b21-16+. The summed E-state index contributed by atoms with van der Waals surface area (Å²) in [5.41, 5.74) is 4.43. The van der Waals surface area contributed by atoms with Crippen molar-refractivity contribution in [3.63, 3.8) is 0 Å². The summed E-state index contributed by atoms with van der Waals surface area (Å²) in [6.07, 6.45) is 5.39. The minimum absolute atomic E-state index is 0.175. The zero-order chi connectivity index (χ0) is 29.0. The Labute approximate surface area is 241 Å². The highest BCUT2D eigenvalue weighted by Crippen LogP contribution is 2.24. The van der Waals surface area contributed by atoms with E-state index in [1.54, 1.807) is 48.5 Å². The molecule has 0 aromatic heterocycles. The van der Waals surface area contributed by atoms with Crippen molar-refractivity contribution in [2.75, 3.05) is 17.2 Å². The average Bonchev–Trinajstić information content (AvgIpc) is 2.99. The number of rotatable bonds is 12. The number of hydrogen-bond donors (Lipinski definition) is 2. The van der Waals surface area contributed by atoms with E-state index in [4.69, 9.17) is 4.74 Å². The van der Waals surface area contributed by atoms with Crippen molar-refractivity contribution in [3.8, 4) is 5.75 Å². The van der Waals surface area contributed by atoms with Gasteiger partial charge in [0.15, 0.2) is 5.78 Å². The highest BCUT2D eigenvalue weighted by atomic mass is 16.5. The van der Waals surface area contributed by atoms with Crippen LogP contribution in [0.15, 0.2) is 103 Å². The van der Waals surface area contributed by atoms with Crippen LogP contribution in [0.25, 0.3) is 6.08 Å². The van der Waals surface area contributed by atoms with E-state index in [-0.39, 0.29) is 29.6 Å². The van der Waals surface area contributed by atoms with Crippen LogP contribution in [0.1, 0.15) is 52.4 Å². The zero-order valence-electron chi connectivity index (χ0n) is 23.4. The molecule has 0 radical (unpaired) electrons. The summed E-state index contributed by atoms with van der Waals surface area (Å²) in [6, 6.07) is 29.0. The van der Waals surface area contributed by atoms with E-state index in [9.17, 15) is 14.4 Å². The Morgan fingerprint density at radius 3 is 2.27 bits per heavy atom. The molecule has 0 saturated carbocycles. The van der Waals surface area contributed by atoms with Crippen LogP contribution in [0.2, 0.25) is 0 Å². The van der Waals surface area contributed by atoms with E-state index in [2.05, 4.69) is 17.6 Å². The van der Waals surface area contributed by atoms with Crippen molar-refractivity contribution in [2.45, 2.75) is 33.1 Å². The number of ketones is 1. The molecule has 2 N–H and O–H groups in total. The Morgan fingerprint density at radius 1 is 0.829 bits per heavy atom. The highest BCUT2D eigenvalue weighted by molar-refractivity contribution is 6.15. The van der Waals surface area contributed by atoms with Crippen molar-refractivity contribution in [3.05, 3.63) is 131 Å². The summed E-state index contributed by atoms with van der Waals surface area (Å²) >= 11 is 0. The highest BCUT2D eigenvalue weighted by Gasteiger charge is 2.17. The fourth-order valence-electron chi connectivity index (χ4n) is 4.11. The predicted molar refractivity (Wildman–Crippen MR) is 164 cm³/mol. The van der Waals surface area contributed by atoms with Crippen LogP contribution in [0.4, 0.5) is 11.4 Å². The predicted octanol–water partition coefficient (Wildman–Crippen LogP) is 7.24. The van der Waals surface area contributed by atoms with Crippen LogP contribution in [0, 0.1) is 6.92 Å². The summed E-state index contributed by atoms with van der Waals surface area (Å²) in [5.74, 6) is -0.0502. The lowest BCUT2D eigenvalue weighted by atomic mass is 10.0. The Bertz CT molecular complexity index is 1510. The van der Waals surface area contributed by atoms with E-state index in [0.29, 0.717) is 23.5 Å². The first kappa shape index (κ1) is 29.0. The Hall–Kier alpha value is -4.97. The van der Waals surface area contributed by atoms with Crippen LogP contribution in [-0.4, -0.2) is 24.2 Å². The molecule has 2 amide bonds. The summed E-state index contributed by atoms with van der Waals surface area (Å²) in [4.78, 5) is 38.9. The van der Waals surface area contributed by atoms with Crippen LogP contribution in [0.5, 0.6) is 5.75 Å². The first-order valence-electron chi connectivity index (χ1n) is 13.7. The van der Waals surface area contributed by atoms with Crippen molar-refractivity contribution < 1.29 is 19.1 Å². The lowest BCUT2D eigenvalue weighted by molar-refractivity contribution is -0.115. The van der Waals surface area contributed by atoms with E-state index in [1.165, 1.54) is 6.08 Å². The van der Waals surface area contributed by atoms with Gasteiger partial charge in [0.05, 0.1) is 18.7 Å². The second kappa shape index (κ2) is 14.4. The lowest BCUT2D eigenvalue weighted by Crippen LogP contribution is -2.18. The molecule has 0 unspecified atom stereocenters.